The number of hydrogen-bond acceptors (Lipinski definition) is 5. The fourth-order valence-corrected chi connectivity index (χ4v) is 3.09. The van der Waals surface area contributed by atoms with Gasteiger partial charge in [-0.2, -0.15) is 0 Å². The van der Waals surface area contributed by atoms with E-state index in [0.717, 1.165) is 29.4 Å². The van der Waals surface area contributed by atoms with Crippen LogP contribution in [0.2, 0.25) is 0 Å². The third-order valence-electron chi connectivity index (χ3n) is 4.79. The van der Waals surface area contributed by atoms with Crippen molar-refractivity contribution in [1.29, 1.82) is 0 Å². The summed E-state index contributed by atoms with van der Waals surface area (Å²) in [6, 6.07) is 4.83. The summed E-state index contributed by atoms with van der Waals surface area (Å²) in [6.07, 6.45) is 2.45. The van der Waals surface area contributed by atoms with Gasteiger partial charge >= 0.3 is 5.63 Å². The fraction of sp³-hybridized carbons (Fsp3) is 0.524. The second-order valence-corrected chi connectivity index (χ2v) is 7.01. The first kappa shape index (κ1) is 21.0. The summed E-state index contributed by atoms with van der Waals surface area (Å²) in [5.74, 6) is 0.402. The summed E-state index contributed by atoms with van der Waals surface area (Å²) in [4.78, 5) is 24.1. The minimum Gasteiger partial charge on any atom is -0.483 e. The van der Waals surface area contributed by atoms with E-state index in [4.69, 9.17) is 9.15 Å². The number of ether oxygens (including phenoxy) is 1. The molecule has 2 unspecified atom stereocenters. The Morgan fingerprint density at radius 1 is 1.30 bits per heavy atom. The van der Waals surface area contributed by atoms with E-state index < -0.39 is 0 Å². The monoisotopic (exact) mass is 375 g/mol. The molecule has 0 saturated carbocycles. The molecule has 27 heavy (non-hydrogen) atoms. The van der Waals surface area contributed by atoms with Crippen LogP contribution in [-0.2, 0) is 11.2 Å². The highest BCUT2D eigenvalue weighted by molar-refractivity contribution is 5.88. The predicted molar refractivity (Wildman–Crippen MR) is 105 cm³/mol. The second kappa shape index (κ2) is 9.55. The number of nitrogens with one attached hydrogen (secondary N) is 1. The fourth-order valence-electron chi connectivity index (χ4n) is 3.09. The smallest absolute Gasteiger partial charge is 0.336 e. The van der Waals surface area contributed by atoms with Gasteiger partial charge in [-0.3, -0.25) is 4.79 Å². The lowest BCUT2D eigenvalue weighted by molar-refractivity contribution is -0.124. The Morgan fingerprint density at radius 2 is 2.04 bits per heavy atom. The number of aliphatic hydroxyl groups is 1. The maximum absolute atomic E-state index is 12.3. The van der Waals surface area contributed by atoms with Gasteiger partial charge in [-0.1, -0.05) is 33.6 Å². The molecule has 0 radical (unpaired) electrons. The number of rotatable bonds is 9. The quantitative estimate of drug-likeness (QED) is 0.658. The van der Waals surface area contributed by atoms with Gasteiger partial charge in [-0.15, -0.1) is 0 Å². The third-order valence-corrected chi connectivity index (χ3v) is 4.79. The van der Waals surface area contributed by atoms with Crippen molar-refractivity contribution in [3.8, 4) is 5.75 Å². The summed E-state index contributed by atoms with van der Waals surface area (Å²) < 4.78 is 11.1. The SMILES string of the molecule is CCCc1cc(=O)oc2cc(C)cc(OCC(=O)NC(CO)C(C)CC)c12. The van der Waals surface area contributed by atoms with E-state index >= 15 is 0 Å². The van der Waals surface area contributed by atoms with E-state index in [2.05, 4.69) is 5.32 Å². The normalized spacial score (nSPS) is 13.4. The molecule has 6 nitrogen and oxygen atoms in total. The molecule has 148 valence electrons. The van der Waals surface area contributed by atoms with E-state index in [1.807, 2.05) is 33.8 Å². The molecule has 0 saturated heterocycles. The first-order valence-corrected chi connectivity index (χ1v) is 9.49. The molecule has 0 aliphatic rings. The largest absolute Gasteiger partial charge is 0.483 e. The van der Waals surface area contributed by atoms with Crippen molar-refractivity contribution in [3.63, 3.8) is 0 Å². The number of fused-ring (bicyclic) bond motifs is 1. The third kappa shape index (κ3) is 5.32. The van der Waals surface area contributed by atoms with Crippen LogP contribution in [0.3, 0.4) is 0 Å². The van der Waals surface area contributed by atoms with Crippen molar-refractivity contribution in [3.05, 3.63) is 39.7 Å². The van der Waals surface area contributed by atoms with Gasteiger partial charge in [0.15, 0.2) is 6.61 Å². The number of amides is 1. The Balaban J connectivity index is 2.25. The van der Waals surface area contributed by atoms with Crippen LogP contribution in [-0.4, -0.2) is 30.3 Å². The molecule has 2 aromatic rings. The maximum atomic E-state index is 12.3. The highest BCUT2D eigenvalue weighted by Gasteiger charge is 2.18. The van der Waals surface area contributed by atoms with Gasteiger partial charge < -0.3 is 19.6 Å². The molecule has 2 N–H and O–H groups in total. The van der Waals surface area contributed by atoms with Crippen LogP contribution in [0.4, 0.5) is 0 Å². The van der Waals surface area contributed by atoms with E-state index in [-0.39, 0.29) is 36.7 Å². The molecule has 6 heteroatoms. The molecule has 2 atom stereocenters. The first-order valence-electron chi connectivity index (χ1n) is 9.49. The molecule has 0 fully saturated rings. The summed E-state index contributed by atoms with van der Waals surface area (Å²) in [5.41, 5.74) is 1.81. The van der Waals surface area contributed by atoms with E-state index in [0.29, 0.717) is 17.8 Å². The molecule has 0 bridgehead atoms. The number of aliphatic hydroxyl groups excluding tert-OH is 1. The van der Waals surface area contributed by atoms with E-state index in [1.54, 1.807) is 6.07 Å². The summed E-state index contributed by atoms with van der Waals surface area (Å²) in [5, 5.41) is 13.0. The van der Waals surface area contributed by atoms with Crippen molar-refractivity contribution in [1.82, 2.24) is 5.32 Å². The Kier molecular flexibility index (Phi) is 7.42. The van der Waals surface area contributed by atoms with Gasteiger partial charge in [0.1, 0.15) is 11.3 Å². The summed E-state index contributed by atoms with van der Waals surface area (Å²) in [7, 11) is 0. The highest BCUT2D eigenvalue weighted by Crippen LogP contribution is 2.30. The lowest BCUT2D eigenvalue weighted by Gasteiger charge is -2.22. The first-order chi connectivity index (χ1) is 12.9. The minimum atomic E-state index is -0.389. The van der Waals surface area contributed by atoms with Crippen LogP contribution in [0, 0.1) is 12.8 Å². The Morgan fingerprint density at radius 3 is 2.67 bits per heavy atom. The number of hydrogen-bond donors (Lipinski definition) is 2. The molecule has 1 aromatic carbocycles. The van der Waals surface area contributed by atoms with Crippen molar-refractivity contribution in [2.24, 2.45) is 5.92 Å². The zero-order valence-corrected chi connectivity index (χ0v) is 16.5. The molecule has 0 spiro atoms. The van der Waals surface area contributed by atoms with Crippen LogP contribution >= 0.6 is 0 Å². The van der Waals surface area contributed by atoms with Crippen molar-refractivity contribution < 1.29 is 19.1 Å². The van der Waals surface area contributed by atoms with Gasteiger partial charge in [0.2, 0.25) is 0 Å². The van der Waals surface area contributed by atoms with Crippen LogP contribution in [0.1, 0.15) is 44.7 Å². The minimum absolute atomic E-state index is 0.111. The molecular weight excluding hydrogens is 346 g/mol. The molecule has 0 aliphatic carbocycles. The van der Waals surface area contributed by atoms with Gasteiger partial charge in [-0.05, 0) is 42.5 Å². The van der Waals surface area contributed by atoms with E-state index in [9.17, 15) is 14.7 Å². The summed E-state index contributed by atoms with van der Waals surface area (Å²) >= 11 is 0. The van der Waals surface area contributed by atoms with Crippen molar-refractivity contribution in [2.75, 3.05) is 13.2 Å². The number of benzene rings is 1. The zero-order chi connectivity index (χ0) is 20.0. The molecule has 2 rings (SSSR count). The lowest BCUT2D eigenvalue weighted by atomic mass is 10.00. The average molecular weight is 375 g/mol. The van der Waals surface area contributed by atoms with Crippen LogP contribution in [0.5, 0.6) is 5.75 Å². The van der Waals surface area contributed by atoms with Crippen molar-refractivity contribution in [2.45, 2.75) is 53.0 Å². The van der Waals surface area contributed by atoms with Crippen molar-refractivity contribution >= 4 is 16.9 Å². The summed E-state index contributed by atoms with van der Waals surface area (Å²) in [6.45, 7) is 7.62. The Bertz CT molecular complexity index is 842. The number of carbonyl (C=O) groups excluding carboxylic acids is 1. The Hall–Kier alpha value is -2.34. The highest BCUT2D eigenvalue weighted by atomic mass is 16.5. The lowest BCUT2D eigenvalue weighted by Crippen LogP contribution is -2.43. The average Bonchev–Trinajstić information content (AvgIpc) is 2.63. The van der Waals surface area contributed by atoms with Crippen LogP contribution in [0.25, 0.3) is 11.0 Å². The zero-order valence-electron chi connectivity index (χ0n) is 16.5. The topological polar surface area (TPSA) is 88.8 Å². The molecule has 0 aliphatic heterocycles. The van der Waals surface area contributed by atoms with Crippen LogP contribution < -0.4 is 15.7 Å². The van der Waals surface area contributed by atoms with E-state index in [1.165, 1.54) is 6.07 Å². The molecule has 1 aromatic heterocycles. The number of carbonyl (C=O) groups is 1. The van der Waals surface area contributed by atoms with Gasteiger partial charge in [0, 0.05) is 6.07 Å². The molecule has 1 heterocycles. The predicted octanol–water partition coefficient (Wildman–Crippen LogP) is 2.96. The van der Waals surface area contributed by atoms with Gasteiger partial charge in [0.25, 0.3) is 5.91 Å². The standard InChI is InChI=1S/C21H29NO5/c1-5-7-15-10-20(25)27-18-9-13(3)8-17(21(15)18)26-12-19(24)22-16(11-23)14(4)6-2/h8-10,14,16,23H,5-7,11-12H2,1-4H3,(H,22,24). The van der Waals surface area contributed by atoms with Crippen LogP contribution in [0.15, 0.2) is 27.4 Å². The second-order valence-electron chi connectivity index (χ2n) is 7.01. The molecular formula is C21H29NO5. The number of aryl methyl sites for hydroxylation is 2. The van der Waals surface area contributed by atoms with Gasteiger partial charge in [-0.25, -0.2) is 4.79 Å². The Labute approximate surface area is 159 Å². The molecule has 1 amide bonds. The van der Waals surface area contributed by atoms with Gasteiger partial charge in [0.05, 0.1) is 18.0 Å². The maximum Gasteiger partial charge on any atom is 0.336 e.